The Balaban J connectivity index is 3.22. The third-order valence-electron chi connectivity index (χ3n) is 7.56. The summed E-state index contributed by atoms with van der Waals surface area (Å²) >= 11 is 0. The van der Waals surface area contributed by atoms with Gasteiger partial charge in [-0.3, -0.25) is 4.79 Å². The molecule has 0 rings (SSSR count). The van der Waals surface area contributed by atoms with E-state index in [-0.39, 0.29) is 5.97 Å². The van der Waals surface area contributed by atoms with Crippen LogP contribution in [0.4, 0.5) is 0 Å². The normalized spacial score (nSPS) is 11.7. The molecule has 0 aliphatic heterocycles. The van der Waals surface area contributed by atoms with E-state index in [2.05, 4.69) is 38.2 Å². The smallest absolute Gasteiger partial charge is 0.305 e. The maximum atomic E-state index is 11.9. The fraction of sp³-hybridized carbons (Fsp3) is 0.861. The van der Waals surface area contributed by atoms with Crippen LogP contribution >= 0.6 is 0 Å². The number of carbonyl (C=O) groups excluding carboxylic acids is 1. The van der Waals surface area contributed by atoms with Crippen molar-refractivity contribution in [2.24, 2.45) is 0 Å². The van der Waals surface area contributed by atoms with Crippen LogP contribution in [-0.4, -0.2) is 12.6 Å². The summed E-state index contributed by atoms with van der Waals surface area (Å²) in [7, 11) is 0. The van der Waals surface area contributed by atoms with Crippen LogP contribution in [-0.2, 0) is 9.53 Å². The fourth-order valence-electron chi connectivity index (χ4n) is 4.95. The Hall–Kier alpha value is -1.05. The molecule has 0 saturated carbocycles. The van der Waals surface area contributed by atoms with Crippen molar-refractivity contribution < 1.29 is 9.53 Å². The molecule has 38 heavy (non-hydrogen) atoms. The van der Waals surface area contributed by atoms with Gasteiger partial charge >= 0.3 is 5.97 Å². The lowest BCUT2D eigenvalue weighted by Gasteiger charge is -2.05. The first-order valence-corrected chi connectivity index (χ1v) is 17.3. The summed E-state index contributed by atoms with van der Waals surface area (Å²) < 4.78 is 5.43. The number of esters is 1. The van der Waals surface area contributed by atoms with Gasteiger partial charge in [0.05, 0.1) is 6.61 Å². The largest absolute Gasteiger partial charge is 0.466 e. The zero-order chi connectivity index (χ0) is 27.6. The van der Waals surface area contributed by atoms with Crippen LogP contribution < -0.4 is 0 Å². The summed E-state index contributed by atoms with van der Waals surface area (Å²) in [5.74, 6) is 0.0132. The van der Waals surface area contributed by atoms with Gasteiger partial charge < -0.3 is 4.74 Å². The summed E-state index contributed by atoms with van der Waals surface area (Å²) in [5.41, 5.74) is 0. The Kier molecular flexibility index (Phi) is 33.0. The van der Waals surface area contributed by atoms with E-state index >= 15 is 0 Å². The first-order chi connectivity index (χ1) is 18.8. The Morgan fingerprint density at radius 2 is 0.737 bits per heavy atom. The number of hydrogen-bond donors (Lipinski definition) is 0. The number of rotatable bonds is 31. The molecule has 0 spiro atoms. The molecule has 0 aromatic heterocycles. The molecule has 0 atom stereocenters. The lowest BCUT2D eigenvalue weighted by atomic mass is 10.1. The Labute approximate surface area is 239 Å². The Morgan fingerprint density at radius 3 is 1.16 bits per heavy atom. The highest BCUT2D eigenvalue weighted by molar-refractivity contribution is 5.69. The van der Waals surface area contributed by atoms with Crippen LogP contribution in [0.2, 0.25) is 0 Å². The number of carbonyl (C=O) groups is 1. The second-order valence-corrected chi connectivity index (χ2v) is 11.5. The van der Waals surface area contributed by atoms with E-state index in [1.807, 2.05) is 0 Å². The first kappa shape index (κ1) is 37.0. The van der Waals surface area contributed by atoms with E-state index in [4.69, 9.17) is 4.74 Å². The molecule has 0 saturated heterocycles. The summed E-state index contributed by atoms with van der Waals surface area (Å²) in [5, 5.41) is 0. The SMILES string of the molecule is CCCCCC/C=C/CCCCCCCCCC(=O)OCCCCCCCC/C=C/CCCCCCCC. The third kappa shape index (κ3) is 33.0. The van der Waals surface area contributed by atoms with Crippen LogP contribution in [0.3, 0.4) is 0 Å². The molecule has 0 heterocycles. The molecule has 0 fully saturated rings. The molecule has 0 aromatic rings. The topological polar surface area (TPSA) is 26.3 Å². The highest BCUT2D eigenvalue weighted by Gasteiger charge is 2.02. The van der Waals surface area contributed by atoms with Crippen molar-refractivity contribution in [3.63, 3.8) is 0 Å². The zero-order valence-electron chi connectivity index (χ0n) is 26.1. The van der Waals surface area contributed by atoms with Crippen molar-refractivity contribution >= 4 is 5.97 Å². The van der Waals surface area contributed by atoms with Crippen LogP contribution in [0.1, 0.15) is 194 Å². The van der Waals surface area contributed by atoms with E-state index in [0.717, 1.165) is 12.8 Å². The maximum absolute atomic E-state index is 11.9. The average Bonchev–Trinajstić information content (AvgIpc) is 2.92. The Bertz CT molecular complexity index is 507. The minimum absolute atomic E-state index is 0.0132. The maximum Gasteiger partial charge on any atom is 0.305 e. The van der Waals surface area contributed by atoms with Crippen molar-refractivity contribution in [3.8, 4) is 0 Å². The van der Waals surface area contributed by atoms with Crippen molar-refractivity contribution in [3.05, 3.63) is 24.3 Å². The predicted octanol–water partition coefficient (Wildman–Crippen LogP) is 12.6. The zero-order valence-corrected chi connectivity index (χ0v) is 26.1. The number of ether oxygens (including phenoxy) is 1. The Morgan fingerprint density at radius 1 is 0.421 bits per heavy atom. The number of hydrogen-bond acceptors (Lipinski definition) is 2. The van der Waals surface area contributed by atoms with Crippen molar-refractivity contribution in [2.75, 3.05) is 6.61 Å². The van der Waals surface area contributed by atoms with Crippen LogP contribution in [0, 0.1) is 0 Å². The van der Waals surface area contributed by atoms with Crippen molar-refractivity contribution in [1.82, 2.24) is 0 Å². The molecule has 0 unspecified atom stereocenters. The molecule has 0 radical (unpaired) electrons. The van der Waals surface area contributed by atoms with E-state index < -0.39 is 0 Å². The van der Waals surface area contributed by atoms with E-state index in [1.54, 1.807) is 0 Å². The summed E-state index contributed by atoms with van der Waals surface area (Å²) in [4.78, 5) is 11.9. The number of unbranched alkanes of at least 4 members (excludes halogenated alkanes) is 23. The van der Waals surface area contributed by atoms with Crippen LogP contribution in [0.5, 0.6) is 0 Å². The van der Waals surface area contributed by atoms with Crippen LogP contribution in [0.15, 0.2) is 24.3 Å². The first-order valence-electron chi connectivity index (χ1n) is 17.3. The van der Waals surface area contributed by atoms with Gasteiger partial charge in [-0.05, 0) is 64.2 Å². The lowest BCUT2D eigenvalue weighted by Crippen LogP contribution is -2.05. The summed E-state index contributed by atoms with van der Waals surface area (Å²) in [6.07, 6.45) is 45.2. The van der Waals surface area contributed by atoms with Gasteiger partial charge in [0, 0.05) is 6.42 Å². The minimum atomic E-state index is 0.0132. The van der Waals surface area contributed by atoms with Gasteiger partial charge in [0.2, 0.25) is 0 Å². The van der Waals surface area contributed by atoms with Crippen molar-refractivity contribution in [1.29, 1.82) is 0 Å². The molecule has 0 aliphatic carbocycles. The minimum Gasteiger partial charge on any atom is -0.466 e. The van der Waals surface area contributed by atoms with Gasteiger partial charge in [0.1, 0.15) is 0 Å². The average molecular weight is 533 g/mol. The van der Waals surface area contributed by atoms with Gasteiger partial charge in [0.25, 0.3) is 0 Å². The second-order valence-electron chi connectivity index (χ2n) is 11.5. The molecule has 0 aliphatic rings. The third-order valence-corrected chi connectivity index (χ3v) is 7.56. The predicted molar refractivity (Wildman–Crippen MR) is 170 cm³/mol. The summed E-state index contributed by atoms with van der Waals surface area (Å²) in [6.45, 7) is 5.17. The molecule has 2 heteroatoms. The quantitative estimate of drug-likeness (QED) is 0.0504. The molecular formula is C36H68O2. The molecule has 2 nitrogen and oxygen atoms in total. The van der Waals surface area contributed by atoms with E-state index in [9.17, 15) is 4.79 Å². The van der Waals surface area contributed by atoms with Gasteiger partial charge in [0.15, 0.2) is 0 Å². The fourth-order valence-corrected chi connectivity index (χ4v) is 4.95. The van der Waals surface area contributed by atoms with Gasteiger partial charge in [-0.2, -0.15) is 0 Å². The monoisotopic (exact) mass is 533 g/mol. The molecular weight excluding hydrogens is 464 g/mol. The highest BCUT2D eigenvalue weighted by Crippen LogP contribution is 2.12. The lowest BCUT2D eigenvalue weighted by molar-refractivity contribution is -0.143. The molecule has 224 valence electrons. The highest BCUT2D eigenvalue weighted by atomic mass is 16.5. The molecule has 0 amide bonds. The van der Waals surface area contributed by atoms with Crippen molar-refractivity contribution in [2.45, 2.75) is 194 Å². The van der Waals surface area contributed by atoms with Gasteiger partial charge in [-0.15, -0.1) is 0 Å². The van der Waals surface area contributed by atoms with Gasteiger partial charge in [-0.25, -0.2) is 0 Å². The molecule has 0 N–H and O–H groups in total. The number of allylic oxidation sites excluding steroid dienone is 4. The second kappa shape index (κ2) is 34.0. The molecule has 0 aromatic carbocycles. The standard InChI is InChI=1S/C36H68O2/c1-3-5-7-9-11-13-15-17-19-21-23-25-27-29-31-33-35-38-36(37)34-32-30-28-26-24-22-20-18-16-14-12-10-8-6-4-2/h14,16-17,19H,3-13,15,18,20-35H2,1-2H3/b16-14+,19-17+. The molecule has 0 bridgehead atoms. The summed E-state index contributed by atoms with van der Waals surface area (Å²) in [6, 6.07) is 0. The van der Waals surface area contributed by atoms with Crippen LogP contribution in [0.25, 0.3) is 0 Å². The van der Waals surface area contributed by atoms with Gasteiger partial charge in [-0.1, -0.05) is 147 Å². The van der Waals surface area contributed by atoms with E-state index in [0.29, 0.717) is 13.0 Å². The van der Waals surface area contributed by atoms with E-state index in [1.165, 1.54) is 161 Å².